The number of nitrogens with one attached hydrogen (secondary N) is 2. The van der Waals surface area contributed by atoms with E-state index < -0.39 is 0 Å². The quantitative estimate of drug-likeness (QED) is 0.779. The second-order valence-electron chi connectivity index (χ2n) is 3.60. The van der Waals surface area contributed by atoms with Crippen molar-refractivity contribution < 1.29 is 4.74 Å². The Morgan fingerprint density at radius 1 is 1.40 bits per heavy atom. The molecule has 1 aromatic heterocycles. The minimum Gasteiger partial charge on any atom is -0.379 e. The van der Waals surface area contributed by atoms with Gasteiger partial charge in [-0.1, -0.05) is 0 Å². The predicted molar refractivity (Wildman–Crippen MR) is 59.0 cm³/mol. The van der Waals surface area contributed by atoms with Gasteiger partial charge >= 0.3 is 0 Å². The maximum absolute atomic E-state index is 5.38. The van der Waals surface area contributed by atoms with Gasteiger partial charge in [0, 0.05) is 13.7 Å². The number of hydrogen-bond acceptors (Lipinski definition) is 5. The van der Waals surface area contributed by atoms with Crippen molar-refractivity contribution in [2.75, 3.05) is 30.9 Å². The summed E-state index contributed by atoms with van der Waals surface area (Å²) in [5.74, 6) is 1.58. The number of hydrogen-bond donors (Lipinski definition) is 2. The van der Waals surface area contributed by atoms with E-state index in [1.54, 1.807) is 12.4 Å². The molecule has 1 unspecified atom stereocenters. The Morgan fingerprint density at radius 2 is 2.27 bits per heavy atom. The highest BCUT2D eigenvalue weighted by molar-refractivity contribution is 5.41. The van der Waals surface area contributed by atoms with E-state index in [1.807, 2.05) is 7.05 Å². The standard InChI is InChI=1S/C10H16N4O/c1-11-9-5-12-6-10(14-9)13-8-3-2-4-15-7-8/h5-6,8H,2-4,7H2,1H3,(H2,11,13,14). The summed E-state index contributed by atoms with van der Waals surface area (Å²) in [6.45, 7) is 1.63. The molecule has 0 saturated carbocycles. The van der Waals surface area contributed by atoms with Gasteiger partial charge in [-0.2, -0.15) is 0 Å². The van der Waals surface area contributed by atoms with Crippen molar-refractivity contribution in [1.82, 2.24) is 9.97 Å². The van der Waals surface area contributed by atoms with Crippen LogP contribution in [0.15, 0.2) is 12.4 Å². The van der Waals surface area contributed by atoms with Gasteiger partial charge in [0.15, 0.2) is 0 Å². The first kappa shape index (κ1) is 10.2. The Kier molecular flexibility index (Phi) is 3.34. The van der Waals surface area contributed by atoms with Crippen LogP contribution in [0.25, 0.3) is 0 Å². The fraction of sp³-hybridized carbons (Fsp3) is 0.600. The van der Waals surface area contributed by atoms with Crippen LogP contribution in [0, 0.1) is 0 Å². The van der Waals surface area contributed by atoms with Crippen LogP contribution in [-0.2, 0) is 4.74 Å². The van der Waals surface area contributed by atoms with Crippen LogP contribution >= 0.6 is 0 Å². The summed E-state index contributed by atoms with van der Waals surface area (Å²) in [4.78, 5) is 8.44. The molecule has 0 aliphatic carbocycles. The van der Waals surface area contributed by atoms with Crippen molar-refractivity contribution >= 4 is 11.6 Å². The first-order valence-electron chi connectivity index (χ1n) is 5.22. The fourth-order valence-electron chi connectivity index (χ4n) is 1.62. The fourth-order valence-corrected chi connectivity index (χ4v) is 1.62. The Balaban J connectivity index is 1.96. The summed E-state index contributed by atoms with van der Waals surface area (Å²) in [6, 6.07) is 0.361. The van der Waals surface area contributed by atoms with Gasteiger partial charge in [0.05, 0.1) is 25.0 Å². The molecule has 2 rings (SSSR count). The van der Waals surface area contributed by atoms with Gasteiger partial charge in [-0.15, -0.1) is 0 Å². The first-order valence-corrected chi connectivity index (χ1v) is 5.22. The van der Waals surface area contributed by atoms with Gasteiger partial charge in [-0.05, 0) is 12.8 Å². The average Bonchev–Trinajstić information content (AvgIpc) is 2.31. The summed E-state index contributed by atoms with van der Waals surface area (Å²) in [7, 11) is 1.83. The molecule has 0 amide bonds. The molecule has 82 valence electrons. The minimum absolute atomic E-state index is 0.361. The summed E-state index contributed by atoms with van der Waals surface area (Å²) in [6.07, 6.45) is 5.67. The van der Waals surface area contributed by atoms with Crippen LogP contribution in [0.5, 0.6) is 0 Å². The van der Waals surface area contributed by atoms with Crippen molar-refractivity contribution in [2.45, 2.75) is 18.9 Å². The average molecular weight is 208 g/mol. The molecule has 1 aliphatic rings. The summed E-state index contributed by atoms with van der Waals surface area (Å²) in [5.41, 5.74) is 0. The SMILES string of the molecule is CNc1cncc(NC2CCCOC2)n1. The lowest BCUT2D eigenvalue weighted by Crippen LogP contribution is -2.30. The smallest absolute Gasteiger partial charge is 0.147 e. The normalized spacial score (nSPS) is 21.0. The molecule has 1 saturated heterocycles. The summed E-state index contributed by atoms with van der Waals surface area (Å²) >= 11 is 0. The van der Waals surface area contributed by atoms with Gasteiger partial charge in [0.1, 0.15) is 11.6 Å². The third-order valence-corrected chi connectivity index (χ3v) is 2.40. The van der Waals surface area contributed by atoms with E-state index in [9.17, 15) is 0 Å². The summed E-state index contributed by atoms with van der Waals surface area (Å²) < 4.78 is 5.38. The summed E-state index contributed by atoms with van der Waals surface area (Å²) in [5, 5.41) is 6.28. The van der Waals surface area contributed by atoms with Crippen LogP contribution in [0.4, 0.5) is 11.6 Å². The van der Waals surface area contributed by atoms with Gasteiger partial charge < -0.3 is 15.4 Å². The Labute approximate surface area is 89.3 Å². The second-order valence-corrected chi connectivity index (χ2v) is 3.60. The molecule has 15 heavy (non-hydrogen) atoms. The maximum atomic E-state index is 5.38. The van der Waals surface area contributed by atoms with E-state index in [0.29, 0.717) is 6.04 Å². The molecule has 1 aromatic rings. The molecule has 2 heterocycles. The van der Waals surface area contributed by atoms with Crippen LogP contribution in [0.3, 0.4) is 0 Å². The molecule has 5 heteroatoms. The number of ether oxygens (including phenoxy) is 1. The molecule has 0 radical (unpaired) electrons. The molecule has 0 aromatic carbocycles. The van der Waals surface area contributed by atoms with E-state index in [2.05, 4.69) is 20.6 Å². The lowest BCUT2D eigenvalue weighted by molar-refractivity contribution is 0.0875. The highest BCUT2D eigenvalue weighted by Crippen LogP contribution is 2.12. The topological polar surface area (TPSA) is 59.1 Å². The molecule has 5 nitrogen and oxygen atoms in total. The molecule has 0 bridgehead atoms. The molecule has 0 spiro atoms. The Bertz CT molecular complexity index is 312. The Hall–Kier alpha value is -1.36. The second kappa shape index (κ2) is 4.93. The molecule has 2 N–H and O–H groups in total. The lowest BCUT2D eigenvalue weighted by atomic mass is 10.1. The molecular weight excluding hydrogens is 192 g/mol. The van der Waals surface area contributed by atoms with Crippen molar-refractivity contribution in [3.05, 3.63) is 12.4 Å². The van der Waals surface area contributed by atoms with Gasteiger partial charge in [-0.3, -0.25) is 4.98 Å². The van der Waals surface area contributed by atoms with Crippen molar-refractivity contribution in [1.29, 1.82) is 0 Å². The van der Waals surface area contributed by atoms with Gasteiger partial charge in [0.2, 0.25) is 0 Å². The predicted octanol–water partition coefficient (Wildman–Crippen LogP) is 1.11. The number of aromatic nitrogens is 2. The molecule has 1 aliphatic heterocycles. The zero-order chi connectivity index (χ0) is 10.5. The van der Waals surface area contributed by atoms with Crippen molar-refractivity contribution in [3.63, 3.8) is 0 Å². The zero-order valence-electron chi connectivity index (χ0n) is 8.86. The first-order chi connectivity index (χ1) is 7.38. The van der Waals surface area contributed by atoms with Crippen molar-refractivity contribution in [2.24, 2.45) is 0 Å². The largest absolute Gasteiger partial charge is 0.379 e. The minimum atomic E-state index is 0.361. The maximum Gasteiger partial charge on any atom is 0.147 e. The van der Waals surface area contributed by atoms with Crippen molar-refractivity contribution in [3.8, 4) is 0 Å². The van der Waals surface area contributed by atoms with E-state index in [1.165, 1.54) is 0 Å². The van der Waals surface area contributed by atoms with E-state index in [4.69, 9.17) is 4.74 Å². The van der Waals surface area contributed by atoms with E-state index >= 15 is 0 Å². The van der Waals surface area contributed by atoms with E-state index in [0.717, 1.165) is 37.7 Å². The highest BCUT2D eigenvalue weighted by atomic mass is 16.5. The zero-order valence-corrected chi connectivity index (χ0v) is 8.86. The van der Waals surface area contributed by atoms with Crippen LogP contribution in [0.2, 0.25) is 0 Å². The monoisotopic (exact) mass is 208 g/mol. The number of rotatable bonds is 3. The molecule has 1 atom stereocenters. The van der Waals surface area contributed by atoms with Gasteiger partial charge in [-0.25, -0.2) is 4.98 Å². The lowest BCUT2D eigenvalue weighted by Gasteiger charge is -2.23. The van der Waals surface area contributed by atoms with E-state index in [-0.39, 0.29) is 0 Å². The van der Waals surface area contributed by atoms with Crippen LogP contribution in [0.1, 0.15) is 12.8 Å². The molecule has 1 fully saturated rings. The Morgan fingerprint density at radius 3 is 3.00 bits per heavy atom. The third-order valence-electron chi connectivity index (χ3n) is 2.40. The van der Waals surface area contributed by atoms with Crippen LogP contribution < -0.4 is 10.6 Å². The third kappa shape index (κ3) is 2.79. The van der Waals surface area contributed by atoms with Gasteiger partial charge in [0.25, 0.3) is 0 Å². The number of nitrogens with zero attached hydrogens (tertiary/aromatic N) is 2. The number of anilines is 2. The van der Waals surface area contributed by atoms with Crippen LogP contribution in [-0.4, -0.2) is 36.3 Å². The molecular formula is C10H16N4O. The highest BCUT2D eigenvalue weighted by Gasteiger charge is 2.13.